The summed E-state index contributed by atoms with van der Waals surface area (Å²) in [4.78, 5) is 28.0. The molecule has 1 amide bonds. The van der Waals surface area contributed by atoms with E-state index in [1.807, 2.05) is 0 Å². The Bertz CT molecular complexity index is 428. The third-order valence-electron chi connectivity index (χ3n) is 2.59. The van der Waals surface area contributed by atoms with Crippen LogP contribution in [0.5, 0.6) is 0 Å². The van der Waals surface area contributed by atoms with Gasteiger partial charge in [0.1, 0.15) is 11.9 Å². The molecular formula is C9H12N4O3. The molecule has 0 radical (unpaired) electrons. The summed E-state index contributed by atoms with van der Waals surface area (Å²) in [5.74, 6) is -0.826. The summed E-state index contributed by atoms with van der Waals surface area (Å²) in [6.07, 6.45) is 1.19. The van der Waals surface area contributed by atoms with Gasteiger partial charge in [-0.25, -0.2) is 9.78 Å². The van der Waals surface area contributed by atoms with Crippen molar-refractivity contribution in [3.8, 4) is 0 Å². The predicted molar refractivity (Wildman–Crippen MR) is 52.8 cm³/mol. The molecule has 0 unspecified atom stereocenters. The Balaban J connectivity index is 2.18. The zero-order valence-electron chi connectivity index (χ0n) is 8.80. The molecule has 16 heavy (non-hydrogen) atoms. The van der Waals surface area contributed by atoms with Crippen LogP contribution in [0.1, 0.15) is 29.3 Å². The van der Waals surface area contributed by atoms with Crippen molar-refractivity contribution in [1.82, 2.24) is 20.1 Å². The summed E-state index contributed by atoms with van der Waals surface area (Å²) in [5, 5.41) is 15.2. The van der Waals surface area contributed by atoms with Gasteiger partial charge in [-0.3, -0.25) is 9.89 Å². The van der Waals surface area contributed by atoms with E-state index >= 15 is 0 Å². The third-order valence-corrected chi connectivity index (χ3v) is 2.59. The maximum absolute atomic E-state index is 11.9. The summed E-state index contributed by atoms with van der Waals surface area (Å²) in [5.41, 5.74) is 0. The van der Waals surface area contributed by atoms with E-state index < -0.39 is 17.9 Å². The number of nitrogens with zero attached hydrogens (tertiary/aromatic N) is 3. The topological polar surface area (TPSA) is 99.2 Å². The monoisotopic (exact) mass is 224 g/mol. The number of rotatable bonds is 2. The molecule has 7 nitrogen and oxygen atoms in total. The average molecular weight is 224 g/mol. The van der Waals surface area contributed by atoms with Crippen molar-refractivity contribution in [2.75, 3.05) is 6.54 Å². The number of carbonyl (C=O) groups excluding carboxylic acids is 1. The Morgan fingerprint density at radius 1 is 1.56 bits per heavy atom. The lowest BCUT2D eigenvalue weighted by Gasteiger charge is -2.19. The maximum atomic E-state index is 11.9. The molecule has 0 saturated carbocycles. The van der Waals surface area contributed by atoms with E-state index in [-0.39, 0.29) is 5.82 Å². The Morgan fingerprint density at radius 2 is 2.31 bits per heavy atom. The predicted octanol–water partition coefficient (Wildman–Crippen LogP) is -0.198. The molecule has 2 heterocycles. The van der Waals surface area contributed by atoms with E-state index in [1.165, 1.54) is 4.90 Å². The summed E-state index contributed by atoms with van der Waals surface area (Å²) in [6.45, 7) is 2.13. The molecule has 2 N–H and O–H groups in total. The lowest BCUT2D eigenvalue weighted by molar-refractivity contribution is -0.141. The van der Waals surface area contributed by atoms with Crippen LogP contribution in [0.3, 0.4) is 0 Å². The SMILES string of the molecule is Cc1nc(C(=O)N2CCC[C@H]2C(=O)O)n[nH]1. The number of aromatic amines is 1. The first kappa shape index (κ1) is 10.6. The largest absolute Gasteiger partial charge is 0.480 e. The highest BCUT2D eigenvalue weighted by molar-refractivity contribution is 5.93. The van der Waals surface area contributed by atoms with Crippen LogP contribution in [0, 0.1) is 6.92 Å². The fourth-order valence-corrected chi connectivity index (χ4v) is 1.83. The van der Waals surface area contributed by atoms with E-state index in [4.69, 9.17) is 5.11 Å². The number of likely N-dealkylation sites (tertiary alicyclic amines) is 1. The third kappa shape index (κ3) is 1.75. The first-order valence-electron chi connectivity index (χ1n) is 5.02. The molecule has 0 aliphatic carbocycles. The molecule has 1 atom stereocenters. The van der Waals surface area contributed by atoms with Gasteiger partial charge in [-0.2, -0.15) is 0 Å². The number of carboxylic acids is 1. The number of hydrogen-bond donors (Lipinski definition) is 2. The lowest BCUT2D eigenvalue weighted by atomic mass is 10.2. The zero-order valence-corrected chi connectivity index (χ0v) is 8.80. The Hall–Kier alpha value is -1.92. The number of amides is 1. The van der Waals surface area contributed by atoms with Crippen LogP contribution in [0.15, 0.2) is 0 Å². The molecule has 1 saturated heterocycles. The second-order valence-electron chi connectivity index (χ2n) is 3.74. The first-order valence-corrected chi connectivity index (χ1v) is 5.02. The summed E-state index contributed by atoms with van der Waals surface area (Å²) in [7, 11) is 0. The molecule has 1 aliphatic heterocycles. The summed E-state index contributed by atoms with van der Waals surface area (Å²) < 4.78 is 0. The van der Waals surface area contributed by atoms with Gasteiger partial charge in [0.25, 0.3) is 5.91 Å². The summed E-state index contributed by atoms with van der Waals surface area (Å²) >= 11 is 0. The molecule has 0 aromatic carbocycles. The minimum Gasteiger partial charge on any atom is -0.480 e. The highest BCUT2D eigenvalue weighted by Gasteiger charge is 2.35. The number of aromatic nitrogens is 3. The van der Waals surface area contributed by atoms with Crippen LogP contribution in [0.25, 0.3) is 0 Å². The minimum atomic E-state index is -0.974. The normalized spacial score (nSPS) is 20.1. The number of carbonyl (C=O) groups is 2. The summed E-state index contributed by atoms with van der Waals surface area (Å²) in [6, 6.07) is -0.744. The molecule has 1 aromatic rings. The number of hydrogen-bond acceptors (Lipinski definition) is 4. The highest BCUT2D eigenvalue weighted by atomic mass is 16.4. The molecule has 1 fully saturated rings. The smallest absolute Gasteiger partial charge is 0.326 e. The van der Waals surface area contributed by atoms with E-state index in [0.717, 1.165) is 0 Å². The van der Waals surface area contributed by atoms with Crippen LogP contribution in [-0.4, -0.2) is 49.7 Å². The fourth-order valence-electron chi connectivity index (χ4n) is 1.83. The van der Waals surface area contributed by atoms with Crippen molar-refractivity contribution in [3.63, 3.8) is 0 Å². The van der Waals surface area contributed by atoms with E-state index in [9.17, 15) is 9.59 Å². The van der Waals surface area contributed by atoms with Crippen LogP contribution >= 0.6 is 0 Å². The van der Waals surface area contributed by atoms with E-state index in [2.05, 4.69) is 15.2 Å². The van der Waals surface area contributed by atoms with E-state index in [0.29, 0.717) is 25.2 Å². The molecule has 7 heteroatoms. The standard InChI is InChI=1S/C9H12N4O3/c1-5-10-7(12-11-5)8(14)13-4-2-3-6(13)9(15)16/h6H,2-4H2,1H3,(H,15,16)(H,10,11,12)/t6-/m0/s1. The fraction of sp³-hybridized carbons (Fsp3) is 0.556. The Labute approximate surface area is 91.5 Å². The van der Waals surface area contributed by atoms with E-state index in [1.54, 1.807) is 6.92 Å². The number of H-pyrrole nitrogens is 1. The quantitative estimate of drug-likeness (QED) is 0.724. The molecular weight excluding hydrogens is 212 g/mol. The van der Waals surface area contributed by atoms with Gasteiger partial charge in [0.05, 0.1) is 0 Å². The molecule has 0 bridgehead atoms. The maximum Gasteiger partial charge on any atom is 0.326 e. The minimum absolute atomic E-state index is 0.0330. The van der Waals surface area contributed by atoms with Gasteiger partial charge in [0.2, 0.25) is 5.82 Å². The lowest BCUT2D eigenvalue weighted by Crippen LogP contribution is -2.40. The van der Waals surface area contributed by atoms with Crippen molar-refractivity contribution < 1.29 is 14.7 Å². The van der Waals surface area contributed by atoms with Crippen molar-refractivity contribution in [1.29, 1.82) is 0 Å². The van der Waals surface area contributed by atoms with Crippen molar-refractivity contribution in [2.24, 2.45) is 0 Å². The molecule has 86 valence electrons. The molecule has 2 rings (SSSR count). The van der Waals surface area contributed by atoms with Crippen LogP contribution < -0.4 is 0 Å². The van der Waals surface area contributed by atoms with Crippen molar-refractivity contribution in [3.05, 3.63) is 11.6 Å². The van der Waals surface area contributed by atoms with Crippen LogP contribution in [-0.2, 0) is 4.79 Å². The van der Waals surface area contributed by atoms with Crippen molar-refractivity contribution >= 4 is 11.9 Å². The van der Waals surface area contributed by atoms with Gasteiger partial charge in [0.15, 0.2) is 0 Å². The second kappa shape index (κ2) is 3.92. The van der Waals surface area contributed by atoms with Gasteiger partial charge < -0.3 is 10.0 Å². The van der Waals surface area contributed by atoms with Crippen LogP contribution in [0.2, 0.25) is 0 Å². The van der Waals surface area contributed by atoms with Crippen molar-refractivity contribution in [2.45, 2.75) is 25.8 Å². The molecule has 0 spiro atoms. The highest BCUT2D eigenvalue weighted by Crippen LogP contribution is 2.19. The molecule has 1 aliphatic rings. The van der Waals surface area contributed by atoms with Gasteiger partial charge in [-0.15, -0.1) is 5.10 Å². The number of aryl methyl sites for hydroxylation is 1. The Kier molecular flexibility index (Phi) is 2.59. The number of carboxylic acid groups (broad SMARTS) is 1. The molecule has 1 aromatic heterocycles. The first-order chi connectivity index (χ1) is 7.59. The number of aliphatic carboxylic acids is 1. The Morgan fingerprint density at radius 3 is 2.88 bits per heavy atom. The van der Waals surface area contributed by atoms with Gasteiger partial charge in [0, 0.05) is 6.54 Å². The average Bonchev–Trinajstić information content (AvgIpc) is 2.84. The zero-order chi connectivity index (χ0) is 11.7. The van der Waals surface area contributed by atoms with Gasteiger partial charge in [-0.1, -0.05) is 0 Å². The van der Waals surface area contributed by atoms with Gasteiger partial charge >= 0.3 is 5.97 Å². The van der Waals surface area contributed by atoms with Gasteiger partial charge in [-0.05, 0) is 19.8 Å². The number of nitrogens with one attached hydrogen (secondary N) is 1. The van der Waals surface area contributed by atoms with Crippen LogP contribution in [0.4, 0.5) is 0 Å². The second-order valence-corrected chi connectivity index (χ2v) is 3.74.